The van der Waals surface area contributed by atoms with Gasteiger partial charge in [0.25, 0.3) is 0 Å². The zero-order chi connectivity index (χ0) is 29.1. The molecular formula is C24H24F3NO11. The van der Waals surface area contributed by atoms with Crippen LogP contribution in [0.1, 0.15) is 26.3 Å². The molecule has 2 aromatic rings. The minimum absolute atomic E-state index is 0.0775. The van der Waals surface area contributed by atoms with Crippen molar-refractivity contribution in [1.29, 1.82) is 0 Å². The molecule has 12 nitrogen and oxygen atoms in total. The van der Waals surface area contributed by atoms with Crippen LogP contribution in [0.4, 0.5) is 13.2 Å². The molecule has 1 saturated heterocycles. The number of esters is 3. The Balaban J connectivity index is 2.08. The summed E-state index contributed by atoms with van der Waals surface area (Å²) in [6.45, 7) is 4.05. The molecule has 0 saturated carbocycles. The van der Waals surface area contributed by atoms with Gasteiger partial charge in [-0.1, -0.05) is 0 Å². The van der Waals surface area contributed by atoms with Gasteiger partial charge in [-0.05, 0) is 24.6 Å². The summed E-state index contributed by atoms with van der Waals surface area (Å²) >= 11 is 0. The average molecular weight is 559 g/mol. The number of carbonyl (C=O) groups excluding carboxylic acids is 4. The Kier molecular flexibility index (Phi) is 8.84. The fraction of sp³-hybridized carbons (Fsp3) is 0.458. The van der Waals surface area contributed by atoms with E-state index in [2.05, 4.69) is 0 Å². The Morgan fingerprint density at radius 1 is 0.974 bits per heavy atom. The van der Waals surface area contributed by atoms with Crippen molar-refractivity contribution in [1.82, 2.24) is 5.32 Å². The number of fused-ring (bicyclic) bond motifs is 1. The topological polar surface area (TPSA) is 157 Å². The van der Waals surface area contributed by atoms with Crippen LogP contribution >= 0.6 is 0 Å². The Bertz CT molecular complexity index is 1320. The normalized spacial score (nSPS) is 23.0. The quantitative estimate of drug-likeness (QED) is 0.299. The van der Waals surface area contributed by atoms with E-state index in [4.69, 9.17) is 28.1 Å². The summed E-state index contributed by atoms with van der Waals surface area (Å²) in [6.07, 6.45) is -12.0. The monoisotopic (exact) mass is 559 g/mol. The standard InChI is InChI=1S/C24H24F3NO11/c1-10-7-18(32)38-16-8-14(5-6-15(10)16)37-22-19(28-23(33)24(25,26)27)21(36-13(4)31)20(35-12(3)30)17(39-22)9-34-11(2)29/h5-8,17,19-22H,9H2,1-4H3,(H,28,33)/t17?,19?,20-,21?,22+/m0/s1. The molecule has 0 radical (unpaired) electrons. The van der Waals surface area contributed by atoms with Crippen molar-refractivity contribution in [3.8, 4) is 5.75 Å². The lowest BCUT2D eigenvalue weighted by atomic mass is 9.96. The SMILES string of the molecule is CC(=O)OCC1O[C@@H](Oc2ccc3c(C)cc(=O)oc3c2)C(NC(=O)C(F)(F)F)C(OC(C)=O)[C@H]1OC(C)=O. The van der Waals surface area contributed by atoms with E-state index in [-0.39, 0.29) is 11.3 Å². The molecule has 15 heteroatoms. The minimum atomic E-state index is -5.36. The number of nitrogens with one attached hydrogen (secondary N) is 1. The van der Waals surface area contributed by atoms with Crippen LogP contribution in [-0.2, 0) is 38.1 Å². The molecule has 1 aliphatic rings. The minimum Gasteiger partial charge on any atom is -0.463 e. The summed E-state index contributed by atoms with van der Waals surface area (Å²) in [4.78, 5) is 58.9. The molecule has 0 aliphatic carbocycles. The first kappa shape index (κ1) is 29.4. The van der Waals surface area contributed by atoms with Gasteiger partial charge in [-0.25, -0.2) is 4.79 Å². The number of carbonyl (C=O) groups is 4. The first-order chi connectivity index (χ1) is 18.1. The molecule has 2 heterocycles. The van der Waals surface area contributed by atoms with Gasteiger partial charge in [0.15, 0.2) is 12.2 Å². The zero-order valence-corrected chi connectivity index (χ0v) is 21.0. The van der Waals surface area contributed by atoms with Crippen LogP contribution in [0.25, 0.3) is 11.0 Å². The molecule has 0 spiro atoms. The van der Waals surface area contributed by atoms with E-state index in [0.29, 0.717) is 10.9 Å². The third kappa shape index (κ3) is 7.46. The highest BCUT2D eigenvalue weighted by Gasteiger charge is 2.54. The maximum Gasteiger partial charge on any atom is 0.471 e. The van der Waals surface area contributed by atoms with Gasteiger partial charge in [0, 0.05) is 38.3 Å². The first-order valence-electron chi connectivity index (χ1n) is 11.4. The predicted molar refractivity (Wildman–Crippen MR) is 122 cm³/mol. The van der Waals surface area contributed by atoms with E-state index in [1.54, 1.807) is 12.2 Å². The molecule has 1 aromatic carbocycles. The number of alkyl halides is 3. The highest BCUT2D eigenvalue weighted by atomic mass is 19.4. The predicted octanol–water partition coefficient (Wildman–Crippen LogP) is 1.68. The number of ether oxygens (including phenoxy) is 5. The Labute approximate surface area is 218 Å². The second-order valence-corrected chi connectivity index (χ2v) is 8.51. The van der Waals surface area contributed by atoms with Gasteiger partial charge in [0.2, 0.25) is 6.29 Å². The Morgan fingerprint density at radius 2 is 1.62 bits per heavy atom. The number of amides is 1. The van der Waals surface area contributed by atoms with Crippen LogP contribution < -0.4 is 15.7 Å². The summed E-state index contributed by atoms with van der Waals surface area (Å²) in [6, 6.07) is 3.53. The molecule has 1 amide bonds. The molecule has 3 unspecified atom stereocenters. The molecule has 0 bridgehead atoms. The molecule has 1 N–H and O–H groups in total. The zero-order valence-electron chi connectivity index (χ0n) is 21.0. The summed E-state index contributed by atoms with van der Waals surface area (Å²) < 4.78 is 71.5. The second kappa shape index (κ2) is 11.7. The number of hydrogen-bond acceptors (Lipinski definition) is 11. The van der Waals surface area contributed by atoms with E-state index in [1.807, 2.05) is 0 Å². The van der Waals surface area contributed by atoms with Gasteiger partial charge >= 0.3 is 35.6 Å². The van der Waals surface area contributed by atoms with Gasteiger partial charge < -0.3 is 33.4 Å². The van der Waals surface area contributed by atoms with Gasteiger partial charge in [0.1, 0.15) is 30.1 Å². The van der Waals surface area contributed by atoms with E-state index in [9.17, 15) is 37.1 Å². The molecule has 1 aromatic heterocycles. The van der Waals surface area contributed by atoms with E-state index in [0.717, 1.165) is 20.8 Å². The fourth-order valence-electron chi connectivity index (χ4n) is 3.90. The van der Waals surface area contributed by atoms with Gasteiger partial charge in [0.05, 0.1) is 0 Å². The van der Waals surface area contributed by atoms with E-state index in [1.165, 1.54) is 24.3 Å². The summed E-state index contributed by atoms with van der Waals surface area (Å²) in [7, 11) is 0. The van der Waals surface area contributed by atoms with Crippen molar-refractivity contribution in [2.24, 2.45) is 0 Å². The van der Waals surface area contributed by atoms with Gasteiger partial charge in [-0.3, -0.25) is 19.2 Å². The van der Waals surface area contributed by atoms with Crippen molar-refractivity contribution >= 4 is 34.8 Å². The number of aryl methyl sites for hydroxylation is 1. The lowest BCUT2D eigenvalue weighted by Gasteiger charge is -2.44. The van der Waals surface area contributed by atoms with Crippen molar-refractivity contribution in [3.05, 3.63) is 40.2 Å². The number of rotatable bonds is 7. The third-order valence-corrected chi connectivity index (χ3v) is 5.43. The number of hydrogen-bond donors (Lipinski definition) is 1. The van der Waals surface area contributed by atoms with Crippen molar-refractivity contribution < 1.29 is 60.5 Å². The first-order valence-corrected chi connectivity index (χ1v) is 11.4. The Hall–Kier alpha value is -4.14. The molecule has 1 fully saturated rings. The molecule has 1 aliphatic heterocycles. The fourth-order valence-corrected chi connectivity index (χ4v) is 3.90. The van der Waals surface area contributed by atoms with Crippen LogP contribution in [-0.4, -0.2) is 67.2 Å². The molecule has 3 rings (SSSR count). The van der Waals surface area contributed by atoms with E-state index < -0.39 is 72.9 Å². The van der Waals surface area contributed by atoms with Crippen LogP contribution in [0, 0.1) is 6.92 Å². The Morgan fingerprint density at radius 3 is 2.21 bits per heavy atom. The average Bonchev–Trinajstić information content (AvgIpc) is 2.79. The molecule has 5 atom stereocenters. The lowest BCUT2D eigenvalue weighted by Crippen LogP contribution is -2.68. The summed E-state index contributed by atoms with van der Waals surface area (Å²) in [5.74, 6) is -5.21. The van der Waals surface area contributed by atoms with Gasteiger partial charge in [-0.15, -0.1) is 0 Å². The number of benzene rings is 1. The maximum absolute atomic E-state index is 13.2. The third-order valence-electron chi connectivity index (χ3n) is 5.43. The molecular weight excluding hydrogens is 535 g/mol. The van der Waals surface area contributed by atoms with E-state index >= 15 is 0 Å². The van der Waals surface area contributed by atoms with Crippen LogP contribution in [0.2, 0.25) is 0 Å². The second-order valence-electron chi connectivity index (χ2n) is 8.51. The smallest absolute Gasteiger partial charge is 0.463 e. The van der Waals surface area contributed by atoms with Crippen LogP contribution in [0.3, 0.4) is 0 Å². The van der Waals surface area contributed by atoms with Crippen molar-refractivity contribution in [2.45, 2.75) is 64.5 Å². The number of halogens is 3. The van der Waals surface area contributed by atoms with Crippen molar-refractivity contribution in [2.75, 3.05) is 6.61 Å². The van der Waals surface area contributed by atoms with Gasteiger partial charge in [-0.2, -0.15) is 13.2 Å². The molecule has 39 heavy (non-hydrogen) atoms. The summed E-state index contributed by atoms with van der Waals surface area (Å²) in [5, 5.41) is 2.20. The highest BCUT2D eigenvalue weighted by molar-refractivity contribution is 5.82. The van der Waals surface area contributed by atoms with Crippen molar-refractivity contribution in [3.63, 3.8) is 0 Å². The lowest BCUT2D eigenvalue weighted by molar-refractivity contribution is -0.258. The maximum atomic E-state index is 13.2. The highest BCUT2D eigenvalue weighted by Crippen LogP contribution is 2.31. The summed E-state index contributed by atoms with van der Waals surface area (Å²) in [5.41, 5.74) is -0.00502. The largest absolute Gasteiger partial charge is 0.471 e. The molecule has 212 valence electrons. The van der Waals surface area contributed by atoms with Crippen LogP contribution in [0.15, 0.2) is 33.5 Å². The van der Waals surface area contributed by atoms with Crippen LogP contribution in [0.5, 0.6) is 5.75 Å².